The van der Waals surface area contributed by atoms with Gasteiger partial charge >= 0.3 is 0 Å². The minimum absolute atomic E-state index is 0.0729. The van der Waals surface area contributed by atoms with Crippen molar-refractivity contribution in [3.05, 3.63) is 64.4 Å². The van der Waals surface area contributed by atoms with E-state index in [4.69, 9.17) is 11.6 Å². The zero-order valence-corrected chi connectivity index (χ0v) is 16.9. The third-order valence-electron chi connectivity index (χ3n) is 4.89. The molecule has 0 atom stereocenters. The molecule has 2 aromatic carbocycles. The van der Waals surface area contributed by atoms with Crippen molar-refractivity contribution in [3.8, 4) is 0 Å². The Morgan fingerprint density at radius 1 is 1.21 bits per heavy atom. The molecular weight excluding hydrogens is 397 g/mol. The molecule has 6 nitrogen and oxygen atoms in total. The Bertz CT molecular complexity index is 966. The van der Waals surface area contributed by atoms with E-state index in [9.17, 15) is 18.8 Å². The summed E-state index contributed by atoms with van der Waals surface area (Å²) in [6.45, 7) is 3.65. The SMILES string of the molecule is CCN(CC(=O)N1CC(=O)N(c2cccc(Cl)c2C)C1)C(=O)c1cccc(F)c1. The zero-order chi connectivity index (χ0) is 21.1. The van der Waals surface area contributed by atoms with Gasteiger partial charge in [0.2, 0.25) is 11.8 Å². The largest absolute Gasteiger partial charge is 0.330 e. The fourth-order valence-electron chi connectivity index (χ4n) is 3.21. The lowest BCUT2D eigenvalue weighted by molar-refractivity contribution is -0.132. The van der Waals surface area contributed by atoms with Crippen LogP contribution < -0.4 is 4.90 Å². The second kappa shape index (κ2) is 8.61. The van der Waals surface area contributed by atoms with Gasteiger partial charge < -0.3 is 9.80 Å². The van der Waals surface area contributed by atoms with Crippen LogP contribution in [-0.4, -0.2) is 53.8 Å². The number of halogens is 2. The van der Waals surface area contributed by atoms with Crippen LogP contribution in [0.25, 0.3) is 0 Å². The van der Waals surface area contributed by atoms with Gasteiger partial charge in [0.05, 0.1) is 0 Å². The first-order valence-electron chi connectivity index (χ1n) is 9.20. The minimum atomic E-state index is -0.518. The van der Waals surface area contributed by atoms with Gasteiger partial charge in [-0.15, -0.1) is 0 Å². The van der Waals surface area contributed by atoms with Crippen molar-refractivity contribution in [3.63, 3.8) is 0 Å². The molecule has 1 heterocycles. The summed E-state index contributed by atoms with van der Waals surface area (Å²) in [6, 6.07) is 10.6. The summed E-state index contributed by atoms with van der Waals surface area (Å²) in [5, 5.41) is 0.540. The van der Waals surface area contributed by atoms with E-state index in [0.717, 1.165) is 11.6 Å². The van der Waals surface area contributed by atoms with Gasteiger partial charge in [-0.2, -0.15) is 0 Å². The lowest BCUT2D eigenvalue weighted by atomic mass is 10.2. The number of anilines is 1. The first-order chi connectivity index (χ1) is 13.8. The number of hydrogen-bond acceptors (Lipinski definition) is 3. The van der Waals surface area contributed by atoms with Gasteiger partial charge in [-0.3, -0.25) is 19.3 Å². The fourth-order valence-corrected chi connectivity index (χ4v) is 3.38. The molecule has 1 saturated heterocycles. The monoisotopic (exact) mass is 417 g/mol. The van der Waals surface area contributed by atoms with E-state index in [1.165, 1.54) is 32.9 Å². The summed E-state index contributed by atoms with van der Waals surface area (Å²) in [4.78, 5) is 42.0. The second-order valence-corrected chi connectivity index (χ2v) is 7.18. The maximum absolute atomic E-state index is 13.4. The van der Waals surface area contributed by atoms with Gasteiger partial charge in [-0.1, -0.05) is 23.7 Å². The lowest BCUT2D eigenvalue weighted by Gasteiger charge is -2.24. The van der Waals surface area contributed by atoms with Crippen molar-refractivity contribution in [1.29, 1.82) is 0 Å². The van der Waals surface area contributed by atoms with Crippen molar-refractivity contribution in [2.45, 2.75) is 13.8 Å². The highest BCUT2D eigenvalue weighted by Crippen LogP contribution is 2.28. The van der Waals surface area contributed by atoms with Crippen molar-refractivity contribution in [2.75, 3.05) is 31.2 Å². The van der Waals surface area contributed by atoms with E-state index in [0.29, 0.717) is 10.7 Å². The van der Waals surface area contributed by atoms with Crippen molar-refractivity contribution < 1.29 is 18.8 Å². The number of benzene rings is 2. The van der Waals surface area contributed by atoms with Gasteiger partial charge in [0, 0.05) is 22.8 Å². The van der Waals surface area contributed by atoms with Crippen molar-refractivity contribution in [1.82, 2.24) is 9.80 Å². The quantitative estimate of drug-likeness (QED) is 0.751. The molecule has 3 amide bonds. The Hall–Kier alpha value is -2.93. The molecule has 0 aliphatic carbocycles. The van der Waals surface area contributed by atoms with E-state index in [-0.39, 0.29) is 43.7 Å². The first kappa shape index (κ1) is 20.8. The van der Waals surface area contributed by atoms with Crippen LogP contribution in [0.5, 0.6) is 0 Å². The highest BCUT2D eigenvalue weighted by Gasteiger charge is 2.33. The maximum atomic E-state index is 13.4. The van der Waals surface area contributed by atoms with Crippen LogP contribution in [0.1, 0.15) is 22.8 Å². The molecular formula is C21H21ClFN3O3. The van der Waals surface area contributed by atoms with E-state index in [1.807, 2.05) is 6.92 Å². The number of nitrogens with zero attached hydrogens (tertiary/aromatic N) is 3. The molecule has 3 rings (SSSR count). The van der Waals surface area contributed by atoms with Crippen LogP contribution >= 0.6 is 11.6 Å². The summed E-state index contributed by atoms with van der Waals surface area (Å²) < 4.78 is 13.4. The van der Waals surface area contributed by atoms with Gasteiger partial charge in [-0.05, 0) is 49.7 Å². The topological polar surface area (TPSA) is 60.9 Å². The molecule has 0 spiro atoms. The Labute approximate surface area is 173 Å². The van der Waals surface area contributed by atoms with Crippen LogP contribution in [0.15, 0.2) is 42.5 Å². The van der Waals surface area contributed by atoms with Crippen molar-refractivity contribution >= 4 is 35.0 Å². The van der Waals surface area contributed by atoms with Crippen molar-refractivity contribution in [2.24, 2.45) is 0 Å². The molecule has 2 aromatic rings. The summed E-state index contributed by atoms with van der Waals surface area (Å²) in [6.07, 6.45) is 0. The Morgan fingerprint density at radius 3 is 2.62 bits per heavy atom. The molecule has 1 aliphatic heterocycles. The molecule has 0 bridgehead atoms. The summed E-state index contributed by atoms with van der Waals surface area (Å²) in [5.74, 6) is -1.53. The number of likely N-dealkylation sites (N-methyl/N-ethyl adjacent to an activating group) is 1. The molecule has 8 heteroatoms. The predicted molar refractivity (Wildman–Crippen MR) is 108 cm³/mol. The van der Waals surface area contributed by atoms with Gasteiger partial charge in [0.25, 0.3) is 5.91 Å². The lowest BCUT2D eigenvalue weighted by Crippen LogP contribution is -2.42. The first-order valence-corrected chi connectivity index (χ1v) is 9.57. The normalized spacial score (nSPS) is 13.7. The summed E-state index contributed by atoms with van der Waals surface area (Å²) in [7, 11) is 0. The standard InChI is InChI=1S/C21H21ClFN3O3/c1-3-24(21(29)15-6-4-7-16(23)10-15)11-19(27)25-12-20(28)26(13-25)18-9-5-8-17(22)14(18)2/h4-10H,3,11-13H2,1-2H3. The average Bonchev–Trinajstić information content (AvgIpc) is 3.09. The number of carbonyl (C=O) groups is 3. The summed E-state index contributed by atoms with van der Waals surface area (Å²) in [5.41, 5.74) is 1.59. The molecule has 0 unspecified atom stereocenters. The third-order valence-corrected chi connectivity index (χ3v) is 5.30. The molecule has 0 radical (unpaired) electrons. The molecule has 1 aliphatic rings. The van der Waals surface area contributed by atoms with Crippen LogP contribution in [0.4, 0.5) is 10.1 Å². The molecule has 1 fully saturated rings. The zero-order valence-electron chi connectivity index (χ0n) is 16.2. The predicted octanol–water partition coefficient (Wildman–Crippen LogP) is 3.08. The van der Waals surface area contributed by atoms with Crippen LogP contribution in [-0.2, 0) is 9.59 Å². The fraction of sp³-hybridized carbons (Fsp3) is 0.286. The van der Waals surface area contributed by atoms with Gasteiger partial charge in [0.1, 0.15) is 25.6 Å². The van der Waals surface area contributed by atoms with Crippen LogP contribution in [0, 0.1) is 12.7 Å². The van der Waals surface area contributed by atoms with Crippen LogP contribution in [0.2, 0.25) is 5.02 Å². The third kappa shape index (κ3) is 4.40. The van der Waals surface area contributed by atoms with E-state index in [1.54, 1.807) is 25.1 Å². The molecule has 0 N–H and O–H groups in total. The Morgan fingerprint density at radius 2 is 1.93 bits per heavy atom. The van der Waals surface area contributed by atoms with Gasteiger partial charge in [-0.25, -0.2) is 4.39 Å². The van der Waals surface area contributed by atoms with E-state index < -0.39 is 11.7 Å². The number of rotatable bonds is 5. The smallest absolute Gasteiger partial charge is 0.254 e. The Balaban J connectivity index is 1.71. The Kier molecular flexibility index (Phi) is 6.17. The number of carbonyl (C=O) groups excluding carboxylic acids is 3. The molecule has 29 heavy (non-hydrogen) atoms. The summed E-state index contributed by atoms with van der Waals surface area (Å²) >= 11 is 6.14. The number of hydrogen-bond donors (Lipinski definition) is 0. The van der Waals surface area contributed by atoms with E-state index in [2.05, 4.69) is 0 Å². The second-order valence-electron chi connectivity index (χ2n) is 6.77. The maximum Gasteiger partial charge on any atom is 0.254 e. The van der Waals surface area contributed by atoms with Gasteiger partial charge in [0.15, 0.2) is 0 Å². The highest BCUT2D eigenvalue weighted by atomic mass is 35.5. The minimum Gasteiger partial charge on any atom is -0.330 e. The molecule has 0 aromatic heterocycles. The van der Waals surface area contributed by atoms with E-state index >= 15 is 0 Å². The average molecular weight is 418 g/mol. The molecule has 0 saturated carbocycles. The van der Waals surface area contributed by atoms with Crippen LogP contribution in [0.3, 0.4) is 0 Å². The number of amides is 3. The highest BCUT2D eigenvalue weighted by molar-refractivity contribution is 6.31. The molecule has 152 valence electrons.